The van der Waals surface area contributed by atoms with Crippen LogP contribution in [0, 0.1) is 0 Å². The van der Waals surface area contributed by atoms with Crippen LogP contribution in [0.4, 0.5) is 0 Å². The number of Topliss-reactive ketones (excluding diaryl/α,β-unsaturated/α-hetero) is 1. The first kappa shape index (κ1) is 8.96. The summed E-state index contributed by atoms with van der Waals surface area (Å²) in [6.45, 7) is 2.49. The molecule has 1 saturated carbocycles. The molecule has 0 N–H and O–H groups in total. The fourth-order valence-corrected chi connectivity index (χ4v) is 2.45. The average Bonchev–Trinajstić information content (AvgIpc) is 2.91. The van der Waals surface area contributed by atoms with Crippen LogP contribution in [0.3, 0.4) is 0 Å². The van der Waals surface area contributed by atoms with Crippen molar-refractivity contribution < 1.29 is 9.53 Å². The monoisotopic (exact) mass is 202 g/mol. The molecule has 1 aliphatic carbocycles. The lowest BCUT2D eigenvalue weighted by Crippen LogP contribution is -2.16. The molecule has 0 unspecified atom stereocenters. The van der Waals surface area contributed by atoms with Crippen LogP contribution in [-0.2, 0) is 16.6 Å². The van der Waals surface area contributed by atoms with Crippen LogP contribution < -0.4 is 4.74 Å². The van der Waals surface area contributed by atoms with E-state index in [9.17, 15) is 4.79 Å². The average molecular weight is 202 g/mol. The summed E-state index contributed by atoms with van der Waals surface area (Å²) in [5.74, 6) is 1.31. The van der Waals surface area contributed by atoms with Crippen molar-refractivity contribution in [1.82, 2.24) is 0 Å². The number of hydrogen-bond acceptors (Lipinski definition) is 2. The van der Waals surface area contributed by atoms with E-state index < -0.39 is 0 Å². The molecule has 0 spiro atoms. The molecule has 2 nitrogen and oxygen atoms in total. The zero-order valence-electron chi connectivity index (χ0n) is 8.88. The van der Waals surface area contributed by atoms with E-state index in [0.29, 0.717) is 5.78 Å². The Morgan fingerprint density at radius 1 is 1.40 bits per heavy atom. The molecule has 3 rings (SSSR count). The number of hydrogen-bond donors (Lipinski definition) is 0. The summed E-state index contributed by atoms with van der Waals surface area (Å²) in [7, 11) is 0. The van der Waals surface area contributed by atoms with Crippen molar-refractivity contribution in [3.8, 4) is 5.75 Å². The van der Waals surface area contributed by atoms with Crippen molar-refractivity contribution in [2.24, 2.45) is 0 Å². The molecule has 1 heterocycles. The number of carbonyl (C=O) groups is 1. The molecule has 0 bridgehead atoms. The number of ether oxygens (including phenoxy) is 1. The molecule has 1 aromatic carbocycles. The fraction of sp³-hybridized carbons (Fsp3) is 0.462. The standard InChI is InChI=1S/C13H14O2/c1-9(14)13(5-6-13)11-2-3-12-10(8-11)4-7-15-12/h2-3,8H,4-7H2,1H3. The lowest BCUT2D eigenvalue weighted by Gasteiger charge is -2.12. The van der Waals surface area contributed by atoms with Crippen LogP contribution >= 0.6 is 0 Å². The minimum Gasteiger partial charge on any atom is -0.493 e. The number of carbonyl (C=O) groups excluding carboxylic acids is 1. The molecule has 0 radical (unpaired) electrons. The van der Waals surface area contributed by atoms with E-state index in [1.165, 1.54) is 11.1 Å². The van der Waals surface area contributed by atoms with Gasteiger partial charge in [-0.05, 0) is 37.0 Å². The van der Waals surface area contributed by atoms with E-state index in [0.717, 1.165) is 31.6 Å². The Morgan fingerprint density at radius 3 is 2.87 bits per heavy atom. The zero-order chi connectivity index (χ0) is 10.5. The topological polar surface area (TPSA) is 26.3 Å². The van der Waals surface area contributed by atoms with E-state index in [1.54, 1.807) is 6.92 Å². The number of rotatable bonds is 2. The highest BCUT2D eigenvalue weighted by Crippen LogP contribution is 2.49. The molecule has 1 fully saturated rings. The molecule has 15 heavy (non-hydrogen) atoms. The van der Waals surface area contributed by atoms with Crippen molar-refractivity contribution in [1.29, 1.82) is 0 Å². The van der Waals surface area contributed by atoms with Gasteiger partial charge in [0.05, 0.1) is 12.0 Å². The summed E-state index contributed by atoms with van der Waals surface area (Å²) in [5, 5.41) is 0. The van der Waals surface area contributed by atoms with E-state index >= 15 is 0 Å². The van der Waals surface area contributed by atoms with Crippen molar-refractivity contribution in [2.75, 3.05) is 6.61 Å². The van der Waals surface area contributed by atoms with Gasteiger partial charge in [0.15, 0.2) is 0 Å². The van der Waals surface area contributed by atoms with Gasteiger partial charge in [-0.2, -0.15) is 0 Å². The van der Waals surface area contributed by atoms with Crippen LogP contribution in [0.2, 0.25) is 0 Å². The van der Waals surface area contributed by atoms with Gasteiger partial charge in [0.25, 0.3) is 0 Å². The number of ketones is 1. The summed E-state index contributed by atoms with van der Waals surface area (Å²) < 4.78 is 5.46. The van der Waals surface area contributed by atoms with Crippen molar-refractivity contribution in [3.05, 3.63) is 29.3 Å². The molecule has 0 atom stereocenters. The molecular formula is C13H14O2. The maximum absolute atomic E-state index is 11.6. The van der Waals surface area contributed by atoms with Crippen molar-refractivity contribution in [2.45, 2.75) is 31.6 Å². The van der Waals surface area contributed by atoms with E-state index in [4.69, 9.17) is 4.74 Å². The Hall–Kier alpha value is -1.31. The Balaban J connectivity index is 2.03. The summed E-state index contributed by atoms with van der Waals surface area (Å²) in [6.07, 6.45) is 3.01. The summed E-state index contributed by atoms with van der Waals surface area (Å²) >= 11 is 0. The molecule has 0 saturated heterocycles. The van der Waals surface area contributed by atoms with Crippen molar-refractivity contribution >= 4 is 5.78 Å². The molecule has 2 aliphatic rings. The second-order valence-corrected chi connectivity index (χ2v) is 4.56. The van der Waals surface area contributed by atoms with Gasteiger partial charge < -0.3 is 4.74 Å². The lowest BCUT2D eigenvalue weighted by atomic mass is 9.90. The van der Waals surface area contributed by atoms with Gasteiger partial charge >= 0.3 is 0 Å². The van der Waals surface area contributed by atoms with Gasteiger partial charge in [-0.25, -0.2) is 0 Å². The fourth-order valence-electron chi connectivity index (χ4n) is 2.45. The first-order valence-corrected chi connectivity index (χ1v) is 5.50. The Morgan fingerprint density at radius 2 is 2.20 bits per heavy atom. The van der Waals surface area contributed by atoms with Gasteiger partial charge in [-0.3, -0.25) is 4.79 Å². The van der Waals surface area contributed by atoms with Crippen LogP contribution in [-0.4, -0.2) is 12.4 Å². The van der Waals surface area contributed by atoms with Crippen LogP contribution in [0.25, 0.3) is 0 Å². The Kier molecular flexibility index (Phi) is 1.70. The predicted octanol–water partition coefficient (Wildman–Crippen LogP) is 2.24. The minimum absolute atomic E-state index is 0.141. The predicted molar refractivity (Wildman–Crippen MR) is 57.2 cm³/mol. The van der Waals surface area contributed by atoms with Gasteiger partial charge in [-0.1, -0.05) is 12.1 Å². The quantitative estimate of drug-likeness (QED) is 0.735. The summed E-state index contributed by atoms with van der Waals surface area (Å²) in [4.78, 5) is 11.6. The van der Waals surface area contributed by atoms with Gasteiger partial charge in [0, 0.05) is 6.42 Å². The SMILES string of the molecule is CC(=O)C1(c2ccc3c(c2)CCO3)CC1. The minimum atomic E-state index is -0.141. The second kappa shape index (κ2) is 2.84. The van der Waals surface area contributed by atoms with E-state index in [-0.39, 0.29) is 5.41 Å². The molecular weight excluding hydrogens is 188 g/mol. The number of fused-ring (bicyclic) bond motifs is 1. The highest BCUT2D eigenvalue weighted by atomic mass is 16.5. The molecule has 1 aromatic rings. The molecule has 0 aromatic heterocycles. The summed E-state index contributed by atoms with van der Waals surface area (Å²) in [6, 6.07) is 6.23. The van der Waals surface area contributed by atoms with Crippen molar-refractivity contribution in [3.63, 3.8) is 0 Å². The smallest absolute Gasteiger partial charge is 0.140 e. The third-order valence-corrected chi connectivity index (χ3v) is 3.67. The normalized spacial score (nSPS) is 20.6. The Labute approximate surface area is 89.2 Å². The van der Waals surface area contributed by atoms with Crippen LogP contribution in [0.15, 0.2) is 18.2 Å². The largest absolute Gasteiger partial charge is 0.493 e. The third-order valence-electron chi connectivity index (χ3n) is 3.67. The van der Waals surface area contributed by atoms with E-state index in [2.05, 4.69) is 12.1 Å². The zero-order valence-corrected chi connectivity index (χ0v) is 8.88. The molecule has 78 valence electrons. The van der Waals surface area contributed by atoms with E-state index in [1.807, 2.05) is 6.07 Å². The van der Waals surface area contributed by atoms with Gasteiger partial charge in [0.2, 0.25) is 0 Å². The van der Waals surface area contributed by atoms with Crippen LogP contribution in [0.5, 0.6) is 5.75 Å². The maximum atomic E-state index is 11.6. The molecule has 1 aliphatic heterocycles. The first-order chi connectivity index (χ1) is 7.22. The Bertz CT molecular complexity index is 430. The lowest BCUT2D eigenvalue weighted by molar-refractivity contribution is -0.119. The third kappa shape index (κ3) is 1.21. The molecule has 2 heteroatoms. The maximum Gasteiger partial charge on any atom is 0.140 e. The summed E-state index contributed by atoms with van der Waals surface area (Å²) in [5.41, 5.74) is 2.32. The highest BCUT2D eigenvalue weighted by molar-refractivity contribution is 5.91. The van der Waals surface area contributed by atoms with Gasteiger partial charge in [0.1, 0.15) is 11.5 Å². The highest BCUT2D eigenvalue weighted by Gasteiger charge is 2.48. The van der Waals surface area contributed by atoms with Crippen LogP contribution in [0.1, 0.15) is 30.9 Å². The number of benzene rings is 1. The second-order valence-electron chi connectivity index (χ2n) is 4.56. The molecule has 0 amide bonds. The van der Waals surface area contributed by atoms with Gasteiger partial charge in [-0.15, -0.1) is 0 Å². The first-order valence-electron chi connectivity index (χ1n) is 5.50.